The van der Waals surface area contributed by atoms with Crippen molar-refractivity contribution in [1.29, 1.82) is 0 Å². The predicted molar refractivity (Wildman–Crippen MR) is 74.7 cm³/mol. The zero-order valence-corrected chi connectivity index (χ0v) is 11.3. The molecule has 0 aromatic carbocycles. The maximum atomic E-state index is 12.2. The fourth-order valence-corrected chi connectivity index (χ4v) is 2.97. The Morgan fingerprint density at radius 3 is 3.15 bits per heavy atom. The Morgan fingerprint density at radius 2 is 2.30 bits per heavy atom. The molecule has 1 aliphatic carbocycles. The SMILES string of the molecule is NC[C@H]1CCC[C@H]1C(=O)NCc1nnc2ccccn12. The first kappa shape index (κ1) is 13.1. The van der Waals surface area contributed by atoms with Gasteiger partial charge in [-0.2, -0.15) is 0 Å². The maximum Gasteiger partial charge on any atom is 0.223 e. The number of carbonyl (C=O) groups excluding carboxylic acids is 1. The quantitative estimate of drug-likeness (QED) is 0.859. The van der Waals surface area contributed by atoms with E-state index in [9.17, 15) is 4.79 Å². The molecule has 0 radical (unpaired) electrons. The van der Waals surface area contributed by atoms with Crippen LogP contribution >= 0.6 is 0 Å². The van der Waals surface area contributed by atoms with Crippen LogP contribution in [0.15, 0.2) is 24.4 Å². The third-order valence-electron chi connectivity index (χ3n) is 4.10. The second-order valence-electron chi connectivity index (χ2n) is 5.30. The molecule has 3 N–H and O–H groups in total. The Kier molecular flexibility index (Phi) is 3.64. The van der Waals surface area contributed by atoms with Gasteiger partial charge in [0.1, 0.15) is 0 Å². The van der Waals surface area contributed by atoms with Crippen LogP contribution in [0.4, 0.5) is 0 Å². The lowest BCUT2D eigenvalue weighted by molar-refractivity contribution is -0.126. The second kappa shape index (κ2) is 5.58. The Bertz CT molecular complexity index is 608. The molecule has 6 nitrogen and oxygen atoms in total. The van der Waals surface area contributed by atoms with E-state index in [4.69, 9.17) is 5.73 Å². The summed E-state index contributed by atoms with van der Waals surface area (Å²) in [4.78, 5) is 12.2. The van der Waals surface area contributed by atoms with E-state index in [0.29, 0.717) is 19.0 Å². The van der Waals surface area contributed by atoms with Crippen LogP contribution in [-0.2, 0) is 11.3 Å². The molecule has 20 heavy (non-hydrogen) atoms. The van der Waals surface area contributed by atoms with Crippen LogP contribution in [0.5, 0.6) is 0 Å². The summed E-state index contributed by atoms with van der Waals surface area (Å²) in [6, 6.07) is 5.72. The molecule has 0 unspecified atom stereocenters. The average Bonchev–Trinajstić information content (AvgIpc) is 3.11. The van der Waals surface area contributed by atoms with Crippen molar-refractivity contribution in [3.63, 3.8) is 0 Å². The van der Waals surface area contributed by atoms with Gasteiger partial charge < -0.3 is 11.1 Å². The van der Waals surface area contributed by atoms with Crippen LogP contribution in [-0.4, -0.2) is 27.0 Å². The lowest BCUT2D eigenvalue weighted by Gasteiger charge is -2.16. The summed E-state index contributed by atoms with van der Waals surface area (Å²) >= 11 is 0. The number of rotatable bonds is 4. The first-order valence-electron chi connectivity index (χ1n) is 7.06. The molecule has 1 saturated carbocycles. The first-order valence-corrected chi connectivity index (χ1v) is 7.06. The molecule has 1 fully saturated rings. The van der Waals surface area contributed by atoms with Gasteiger partial charge in [0.25, 0.3) is 0 Å². The monoisotopic (exact) mass is 273 g/mol. The number of carbonyl (C=O) groups is 1. The van der Waals surface area contributed by atoms with E-state index in [-0.39, 0.29) is 11.8 Å². The molecule has 6 heteroatoms. The van der Waals surface area contributed by atoms with Gasteiger partial charge in [0.15, 0.2) is 11.5 Å². The highest BCUT2D eigenvalue weighted by Gasteiger charge is 2.31. The summed E-state index contributed by atoms with van der Waals surface area (Å²) in [5, 5.41) is 11.1. The van der Waals surface area contributed by atoms with E-state index >= 15 is 0 Å². The molecule has 2 atom stereocenters. The molecule has 0 aliphatic heterocycles. The molecule has 0 spiro atoms. The van der Waals surface area contributed by atoms with Gasteiger partial charge in [-0.1, -0.05) is 12.5 Å². The number of hydrogen-bond acceptors (Lipinski definition) is 4. The van der Waals surface area contributed by atoms with Crippen molar-refractivity contribution in [3.05, 3.63) is 30.2 Å². The standard InChI is InChI=1S/C14H19N5O/c15-8-10-4-3-5-11(10)14(20)16-9-13-18-17-12-6-1-2-7-19(12)13/h1-2,6-7,10-11H,3-5,8-9,15H2,(H,16,20)/t10-,11-/m1/s1. The van der Waals surface area contributed by atoms with Crippen LogP contribution in [0.25, 0.3) is 5.65 Å². The predicted octanol–water partition coefficient (Wildman–Crippen LogP) is 0.720. The van der Waals surface area contributed by atoms with Crippen molar-refractivity contribution in [1.82, 2.24) is 19.9 Å². The summed E-state index contributed by atoms with van der Waals surface area (Å²) in [6.45, 7) is 0.990. The molecule has 0 saturated heterocycles. The lowest BCUT2D eigenvalue weighted by Crippen LogP contribution is -2.35. The number of hydrogen-bond donors (Lipinski definition) is 2. The minimum atomic E-state index is 0.0548. The molecule has 106 valence electrons. The van der Waals surface area contributed by atoms with Crippen molar-refractivity contribution in [2.24, 2.45) is 17.6 Å². The molecular formula is C14H19N5O. The van der Waals surface area contributed by atoms with E-state index in [0.717, 1.165) is 30.7 Å². The highest BCUT2D eigenvalue weighted by Crippen LogP contribution is 2.30. The summed E-state index contributed by atoms with van der Waals surface area (Å²) in [6.07, 6.45) is 4.99. The number of nitrogens with two attached hydrogens (primary N) is 1. The van der Waals surface area contributed by atoms with Gasteiger partial charge in [-0.15, -0.1) is 10.2 Å². The smallest absolute Gasteiger partial charge is 0.223 e. The summed E-state index contributed by atoms with van der Waals surface area (Å²) in [7, 11) is 0. The highest BCUT2D eigenvalue weighted by molar-refractivity contribution is 5.79. The maximum absolute atomic E-state index is 12.2. The summed E-state index contributed by atoms with van der Waals surface area (Å²) < 4.78 is 1.88. The van der Waals surface area contributed by atoms with Crippen LogP contribution in [0.3, 0.4) is 0 Å². The average molecular weight is 273 g/mol. The van der Waals surface area contributed by atoms with E-state index in [2.05, 4.69) is 15.5 Å². The zero-order valence-electron chi connectivity index (χ0n) is 11.3. The summed E-state index contributed by atoms with van der Waals surface area (Å²) in [5.41, 5.74) is 6.51. The number of nitrogens with one attached hydrogen (secondary N) is 1. The second-order valence-corrected chi connectivity index (χ2v) is 5.30. The van der Waals surface area contributed by atoms with Crippen molar-refractivity contribution in [2.45, 2.75) is 25.8 Å². The zero-order chi connectivity index (χ0) is 13.9. The fraction of sp³-hybridized carbons (Fsp3) is 0.500. The third kappa shape index (κ3) is 2.38. The van der Waals surface area contributed by atoms with Gasteiger partial charge in [-0.3, -0.25) is 9.20 Å². The molecule has 3 rings (SSSR count). The molecule has 0 bridgehead atoms. The fourth-order valence-electron chi connectivity index (χ4n) is 2.97. The number of fused-ring (bicyclic) bond motifs is 1. The van der Waals surface area contributed by atoms with Gasteiger partial charge in [-0.05, 0) is 37.4 Å². The van der Waals surface area contributed by atoms with Gasteiger partial charge in [0, 0.05) is 12.1 Å². The third-order valence-corrected chi connectivity index (χ3v) is 4.10. The van der Waals surface area contributed by atoms with E-state index in [1.54, 1.807) is 0 Å². The number of nitrogens with zero attached hydrogens (tertiary/aromatic N) is 3. The van der Waals surface area contributed by atoms with Crippen molar-refractivity contribution in [3.8, 4) is 0 Å². The largest absolute Gasteiger partial charge is 0.349 e. The Labute approximate surface area is 117 Å². The number of pyridine rings is 1. The van der Waals surface area contributed by atoms with E-state index in [1.165, 1.54) is 0 Å². The van der Waals surface area contributed by atoms with Crippen LogP contribution in [0.2, 0.25) is 0 Å². The van der Waals surface area contributed by atoms with Crippen molar-refractivity contribution >= 4 is 11.6 Å². The van der Waals surface area contributed by atoms with E-state index < -0.39 is 0 Å². The van der Waals surface area contributed by atoms with Gasteiger partial charge in [0.2, 0.25) is 5.91 Å². The van der Waals surface area contributed by atoms with Gasteiger partial charge in [0.05, 0.1) is 6.54 Å². The highest BCUT2D eigenvalue weighted by atomic mass is 16.1. The first-order chi connectivity index (χ1) is 9.79. The van der Waals surface area contributed by atoms with Crippen LogP contribution < -0.4 is 11.1 Å². The number of amides is 1. The Balaban J connectivity index is 1.66. The molecule has 2 heterocycles. The number of aromatic nitrogens is 3. The van der Waals surface area contributed by atoms with E-state index in [1.807, 2.05) is 28.8 Å². The van der Waals surface area contributed by atoms with Gasteiger partial charge in [-0.25, -0.2) is 0 Å². The molecule has 2 aromatic rings. The topological polar surface area (TPSA) is 85.3 Å². The van der Waals surface area contributed by atoms with Gasteiger partial charge >= 0.3 is 0 Å². The van der Waals surface area contributed by atoms with Crippen molar-refractivity contribution < 1.29 is 4.79 Å². The normalized spacial score (nSPS) is 22.2. The summed E-state index contributed by atoms with van der Waals surface area (Å²) in [5.74, 6) is 1.21. The van der Waals surface area contributed by atoms with Crippen LogP contribution in [0, 0.1) is 11.8 Å². The molecular weight excluding hydrogens is 254 g/mol. The lowest BCUT2D eigenvalue weighted by atomic mass is 9.95. The Hall–Kier alpha value is -1.95. The molecule has 1 aliphatic rings. The minimum Gasteiger partial charge on any atom is -0.349 e. The molecule has 1 amide bonds. The minimum absolute atomic E-state index is 0.0548. The van der Waals surface area contributed by atoms with Crippen molar-refractivity contribution in [2.75, 3.05) is 6.54 Å². The molecule has 2 aromatic heterocycles. The van der Waals surface area contributed by atoms with Crippen LogP contribution in [0.1, 0.15) is 25.1 Å². The Morgan fingerprint density at radius 1 is 1.40 bits per heavy atom.